The predicted molar refractivity (Wildman–Crippen MR) is 118 cm³/mol. The van der Waals surface area contributed by atoms with E-state index in [9.17, 15) is 15.0 Å². The molecule has 0 amide bonds. The van der Waals surface area contributed by atoms with Gasteiger partial charge in [0.15, 0.2) is 5.60 Å². The second-order valence-electron chi connectivity index (χ2n) is 7.82. The Hall–Kier alpha value is -2.11. The molecule has 10 heteroatoms. The Balaban J connectivity index is 1.78. The maximum Gasteiger partial charge on any atom is 0.500 e. The van der Waals surface area contributed by atoms with Crippen molar-refractivity contribution in [2.45, 2.75) is 58.4 Å². The highest BCUT2D eigenvalue weighted by Gasteiger charge is 2.53. The molecule has 3 rings (SSSR count). The fourth-order valence-corrected chi connectivity index (χ4v) is 6.86. The van der Waals surface area contributed by atoms with Gasteiger partial charge >= 0.3 is 14.8 Å². The first-order valence-electron chi connectivity index (χ1n) is 11.0. The van der Waals surface area contributed by atoms with Crippen molar-refractivity contribution >= 4 is 14.8 Å². The van der Waals surface area contributed by atoms with E-state index in [0.29, 0.717) is 50.0 Å². The minimum absolute atomic E-state index is 0.0588. The summed E-state index contributed by atoms with van der Waals surface area (Å²) in [6, 6.07) is 0.545. The van der Waals surface area contributed by atoms with Gasteiger partial charge in [-0.3, -0.25) is 4.57 Å². The van der Waals surface area contributed by atoms with Crippen LogP contribution in [0, 0.1) is 0 Å². The Morgan fingerprint density at radius 3 is 2.38 bits per heavy atom. The van der Waals surface area contributed by atoms with Crippen molar-refractivity contribution < 1.29 is 37.8 Å². The van der Waals surface area contributed by atoms with Crippen LogP contribution in [0.25, 0.3) is 0 Å². The fraction of sp³-hybridized carbons (Fsp3) is 0.591. The molecule has 0 aromatic carbocycles. The van der Waals surface area contributed by atoms with Crippen LogP contribution in [0.2, 0.25) is 6.04 Å². The Bertz CT molecular complexity index is 878. The summed E-state index contributed by atoms with van der Waals surface area (Å²) in [5.41, 5.74) is 0.0749. The van der Waals surface area contributed by atoms with Crippen LogP contribution in [0.1, 0.15) is 51.3 Å². The third-order valence-corrected chi connectivity index (χ3v) is 8.71. The fourth-order valence-electron chi connectivity index (χ4n) is 4.26. The highest BCUT2D eigenvalue weighted by atomic mass is 28.4. The van der Waals surface area contributed by atoms with Gasteiger partial charge in [-0.2, -0.15) is 0 Å². The molecule has 0 spiro atoms. The molecule has 1 aromatic rings. The monoisotopic (exact) mass is 467 g/mol. The minimum atomic E-state index is -2.83. The summed E-state index contributed by atoms with van der Waals surface area (Å²) in [6.07, 6.45) is 3.60. The molecular weight excluding hydrogens is 434 g/mol. The molecular formula is C22H33NO8Si. The van der Waals surface area contributed by atoms with E-state index >= 15 is 0 Å². The first-order chi connectivity index (χ1) is 15.2. The highest BCUT2D eigenvalue weighted by Crippen LogP contribution is 2.58. The average Bonchev–Trinajstić information content (AvgIpc) is 3.38. The molecule has 1 aromatic heterocycles. The summed E-state index contributed by atoms with van der Waals surface area (Å²) < 4.78 is 30.4. The maximum absolute atomic E-state index is 11.9. The van der Waals surface area contributed by atoms with E-state index < -0.39 is 26.5 Å². The van der Waals surface area contributed by atoms with Crippen molar-refractivity contribution in [3.8, 4) is 11.8 Å². The molecule has 0 saturated heterocycles. The Morgan fingerprint density at radius 1 is 1.19 bits per heavy atom. The lowest BCUT2D eigenvalue weighted by Crippen LogP contribution is -2.46. The molecule has 2 aliphatic heterocycles. The molecule has 32 heavy (non-hydrogen) atoms. The Kier molecular flexibility index (Phi) is 7.51. The number of fused-ring (bicyclic) bond motifs is 5. The van der Waals surface area contributed by atoms with Gasteiger partial charge in [-0.25, -0.2) is 4.79 Å². The van der Waals surface area contributed by atoms with Crippen molar-refractivity contribution in [3.63, 3.8) is 0 Å². The van der Waals surface area contributed by atoms with E-state index in [2.05, 4.69) is 6.58 Å². The second-order valence-corrected chi connectivity index (χ2v) is 10.5. The van der Waals surface area contributed by atoms with Gasteiger partial charge in [0.1, 0.15) is 12.7 Å². The summed E-state index contributed by atoms with van der Waals surface area (Å²) in [4.78, 5) is 11.9. The first-order valence-corrected chi connectivity index (χ1v) is 12.9. The van der Waals surface area contributed by atoms with Gasteiger partial charge in [0, 0.05) is 38.0 Å². The van der Waals surface area contributed by atoms with Crippen LogP contribution in [-0.4, -0.2) is 56.0 Å². The molecule has 3 heterocycles. The summed E-state index contributed by atoms with van der Waals surface area (Å²) in [5.74, 6) is -0.704. The SMILES string of the molecule is C=C(C)C(=O)OCC12C=CC(O1)c1c2c(O)n(CCC[Si](OCC)(OCC)OCC)c1O. The van der Waals surface area contributed by atoms with E-state index in [0.717, 1.165) is 0 Å². The van der Waals surface area contributed by atoms with Gasteiger partial charge in [-0.05, 0) is 40.2 Å². The van der Waals surface area contributed by atoms with Crippen LogP contribution in [0.15, 0.2) is 24.3 Å². The molecule has 2 N–H and O–H groups in total. The van der Waals surface area contributed by atoms with E-state index in [1.807, 2.05) is 20.8 Å². The van der Waals surface area contributed by atoms with E-state index in [-0.39, 0.29) is 23.9 Å². The van der Waals surface area contributed by atoms with Gasteiger partial charge in [-0.15, -0.1) is 0 Å². The number of nitrogens with zero attached hydrogens (tertiary/aromatic N) is 1. The van der Waals surface area contributed by atoms with Crippen molar-refractivity contribution in [1.29, 1.82) is 0 Å². The number of aromatic nitrogens is 1. The van der Waals surface area contributed by atoms with Crippen LogP contribution in [-0.2, 0) is 39.7 Å². The van der Waals surface area contributed by atoms with E-state index in [1.165, 1.54) is 4.57 Å². The molecule has 2 aliphatic rings. The first kappa shape index (κ1) is 24.5. The number of esters is 1. The quantitative estimate of drug-likeness (QED) is 0.197. The summed E-state index contributed by atoms with van der Waals surface area (Å²) in [6.45, 7) is 12.5. The number of carbonyl (C=O) groups excluding carboxylic acids is 1. The van der Waals surface area contributed by atoms with Crippen LogP contribution >= 0.6 is 0 Å². The van der Waals surface area contributed by atoms with Gasteiger partial charge < -0.3 is 33.0 Å². The highest BCUT2D eigenvalue weighted by molar-refractivity contribution is 6.60. The van der Waals surface area contributed by atoms with E-state index in [1.54, 1.807) is 19.1 Å². The number of ether oxygens (including phenoxy) is 2. The molecule has 0 radical (unpaired) electrons. The summed E-state index contributed by atoms with van der Waals surface area (Å²) >= 11 is 0. The van der Waals surface area contributed by atoms with Gasteiger partial charge in [0.25, 0.3) is 0 Å². The molecule has 2 bridgehead atoms. The topological polar surface area (TPSA) is 109 Å². The number of hydrogen-bond donors (Lipinski definition) is 2. The lowest BCUT2D eigenvalue weighted by atomic mass is 9.90. The standard InChI is InChI=1S/C22H33NO8Si/c1-6-28-32(29-7-2,30-8-3)13-9-12-23-19(24)17-16-10-11-22(31-16,18(17)20(23)25)14-27-21(26)15(4)5/h10-11,16,24-25H,4,6-9,12-14H2,1-3,5H3. The summed E-state index contributed by atoms with van der Waals surface area (Å²) in [7, 11) is -2.83. The molecule has 0 fully saturated rings. The summed E-state index contributed by atoms with van der Waals surface area (Å²) in [5, 5.41) is 21.8. The zero-order valence-electron chi connectivity index (χ0n) is 19.2. The van der Waals surface area contributed by atoms with Crippen LogP contribution in [0.5, 0.6) is 11.8 Å². The third-order valence-electron chi connectivity index (χ3n) is 5.55. The zero-order chi connectivity index (χ0) is 23.5. The zero-order valence-corrected chi connectivity index (χ0v) is 20.2. The number of hydrogen-bond acceptors (Lipinski definition) is 8. The largest absolute Gasteiger partial charge is 0.500 e. The Labute approximate surface area is 189 Å². The van der Waals surface area contributed by atoms with Crippen molar-refractivity contribution in [3.05, 3.63) is 35.4 Å². The molecule has 9 nitrogen and oxygen atoms in total. The van der Waals surface area contributed by atoms with Crippen LogP contribution < -0.4 is 0 Å². The van der Waals surface area contributed by atoms with Gasteiger partial charge in [0.2, 0.25) is 11.8 Å². The molecule has 2 atom stereocenters. The predicted octanol–water partition coefficient (Wildman–Crippen LogP) is 3.29. The Morgan fingerprint density at radius 2 is 1.81 bits per heavy atom. The molecule has 0 aliphatic carbocycles. The maximum atomic E-state index is 11.9. The van der Waals surface area contributed by atoms with Crippen molar-refractivity contribution in [2.24, 2.45) is 0 Å². The normalized spacial score (nSPS) is 21.2. The van der Waals surface area contributed by atoms with Gasteiger partial charge in [-0.1, -0.05) is 12.7 Å². The number of carbonyl (C=O) groups is 1. The average molecular weight is 468 g/mol. The van der Waals surface area contributed by atoms with E-state index in [4.69, 9.17) is 22.8 Å². The third kappa shape index (κ3) is 4.37. The van der Waals surface area contributed by atoms with Crippen molar-refractivity contribution in [2.75, 3.05) is 26.4 Å². The second kappa shape index (κ2) is 9.80. The van der Waals surface area contributed by atoms with Crippen LogP contribution in [0.3, 0.4) is 0 Å². The minimum Gasteiger partial charge on any atom is -0.494 e. The van der Waals surface area contributed by atoms with Gasteiger partial charge in [0.05, 0.1) is 11.1 Å². The van der Waals surface area contributed by atoms with Crippen molar-refractivity contribution in [1.82, 2.24) is 4.57 Å². The smallest absolute Gasteiger partial charge is 0.494 e. The molecule has 178 valence electrons. The van der Waals surface area contributed by atoms with Crippen LogP contribution in [0.4, 0.5) is 0 Å². The number of aromatic hydroxyl groups is 2. The molecule has 2 unspecified atom stereocenters. The lowest BCUT2D eigenvalue weighted by Gasteiger charge is -2.28. The lowest BCUT2D eigenvalue weighted by molar-refractivity contribution is -0.147. The number of rotatable bonds is 13. The molecule has 0 saturated carbocycles.